The van der Waals surface area contributed by atoms with E-state index < -0.39 is 10.0 Å². The first-order valence-electron chi connectivity index (χ1n) is 8.31. The number of halogens is 1. The van der Waals surface area contributed by atoms with Crippen LogP contribution in [0, 0.1) is 11.8 Å². The van der Waals surface area contributed by atoms with E-state index in [1.807, 2.05) is 0 Å². The number of piperidine rings is 2. The molecule has 2 rings (SSSR count). The van der Waals surface area contributed by atoms with Crippen LogP contribution < -0.4 is 10.6 Å². The summed E-state index contributed by atoms with van der Waals surface area (Å²) in [5.41, 5.74) is 0. The average molecular weight is 368 g/mol. The Morgan fingerprint density at radius 3 is 2.48 bits per heavy atom. The molecule has 0 bridgehead atoms. The van der Waals surface area contributed by atoms with Gasteiger partial charge >= 0.3 is 0 Å². The van der Waals surface area contributed by atoms with Crippen molar-refractivity contribution in [1.29, 1.82) is 0 Å². The van der Waals surface area contributed by atoms with Crippen molar-refractivity contribution >= 4 is 28.3 Å². The molecular weight excluding hydrogens is 338 g/mol. The molecule has 6 nitrogen and oxygen atoms in total. The van der Waals surface area contributed by atoms with Gasteiger partial charge in [-0.2, -0.15) is 0 Å². The maximum absolute atomic E-state index is 12.2. The summed E-state index contributed by atoms with van der Waals surface area (Å²) in [6.07, 6.45) is 5.62. The van der Waals surface area contributed by atoms with Gasteiger partial charge in [0.2, 0.25) is 15.9 Å². The van der Waals surface area contributed by atoms with Gasteiger partial charge in [0.25, 0.3) is 0 Å². The topological polar surface area (TPSA) is 78.5 Å². The molecule has 0 aliphatic carbocycles. The van der Waals surface area contributed by atoms with Crippen LogP contribution in [0.25, 0.3) is 0 Å². The zero-order chi connectivity index (χ0) is 16.2. The Morgan fingerprint density at radius 1 is 1.30 bits per heavy atom. The van der Waals surface area contributed by atoms with E-state index in [9.17, 15) is 13.2 Å². The molecule has 23 heavy (non-hydrogen) atoms. The normalized spacial score (nSPS) is 25.4. The summed E-state index contributed by atoms with van der Waals surface area (Å²) in [7, 11) is -3.10. The summed E-state index contributed by atoms with van der Waals surface area (Å²) in [5, 5.41) is 6.48. The monoisotopic (exact) mass is 367 g/mol. The lowest BCUT2D eigenvalue weighted by molar-refractivity contribution is -0.123. The molecule has 2 aliphatic heterocycles. The number of sulfonamides is 1. The lowest BCUT2D eigenvalue weighted by atomic mass is 9.85. The maximum atomic E-state index is 12.2. The fraction of sp³-hybridized carbons (Fsp3) is 0.933. The van der Waals surface area contributed by atoms with Crippen molar-refractivity contribution in [3.8, 4) is 0 Å². The molecule has 8 heteroatoms. The highest BCUT2D eigenvalue weighted by Crippen LogP contribution is 2.22. The van der Waals surface area contributed by atoms with Crippen LogP contribution in [-0.4, -0.2) is 57.1 Å². The summed E-state index contributed by atoms with van der Waals surface area (Å²) in [6, 6.07) is 0.113. The van der Waals surface area contributed by atoms with E-state index in [1.54, 1.807) is 0 Å². The first-order chi connectivity index (χ1) is 10.4. The van der Waals surface area contributed by atoms with E-state index in [2.05, 4.69) is 17.6 Å². The van der Waals surface area contributed by atoms with Crippen molar-refractivity contribution in [1.82, 2.24) is 14.9 Å². The number of carbonyl (C=O) groups excluding carboxylic acids is 1. The quantitative estimate of drug-likeness (QED) is 0.759. The zero-order valence-electron chi connectivity index (χ0n) is 14.1. The Morgan fingerprint density at radius 2 is 1.96 bits per heavy atom. The Hall–Kier alpha value is -0.370. The molecule has 2 atom stereocenters. The van der Waals surface area contributed by atoms with Gasteiger partial charge in [0, 0.05) is 25.6 Å². The summed E-state index contributed by atoms with van der Waals surface area (Å²) in [4.78, 5) is 12.2. The van der Waals surface area contributed by atoms with E-state index in [4.69, 9.17) is 0 Å². The highest BCUT2D eigenvalue weighted by atomic mass is 35.5. The summed E-state index contributed by atoms with van der Waals surface area (Å²) < 4.78 is 24.4. The van der Waals surface area contributed by atoms with Gasteiger partial charge in [0.05, 0.1) is 6.26 Å². The molecule has 2 N–H and O–H groups in total. The SMILES string of the molecule is CC(CC(=O)NC1CCN(S(C)(=O)=O)CC1)C1CCCNC1.Cl. The first kappa shape index (κ1) is 20.7. The lowest BCUT2D eigenvalue weighted by Crippen LogP contribution is -2.46. The van der Waals surface area contributed by atoms with Crippen LogP contribution in [0.3, 0.4) is 0 Å². The second-order valence-electron chi connectivity index (χ2n) is 6.79. The van der Waals surface area contributed by atoms with Crippen molar-refractivity contribution in [2.75, 3.05) is 32.4 Å². The Bertz CT molecular complexity index is 472. The van der Waals surface area contributed by atoms with Crippen molar-refractivity contribution in [2.24, 2.45) is 11.8 Å². The second-order valence-corrected chi connectivity index (χ2v) is 8.77. The van der Waals surface area contributed by atoms with Crippen molar-refractivity contribution in [2.45, 2.75) is 45.1 Å². The van der Waals surface area contributed by atoms with Gasteiger partial charge in [-0.05, 0) is 50.6 Å². The Kier molecular flexibility index (Phi) is 8.27. The average Bonchev–Trinajstić information content (AvgIpc) is 2.47. The predicted octanol–water partition coefficient (Wildman–Crippen LogP) is 0.974. The molecule has 2 fully saturated rings. The van der Waals surface area contributed by atoms with Crippen LogP contribution in [0.5, 0.6) is 0 Å². The maximum Gasteiger partial charge on any atom is 0.220 e. The number of carbonyl (C=O) groups is 1. The van der Waals surface area contributed by atoms with Crippen LogP contribution in [0.4, 0.5) is 0 Å². The van der Waals surface area contributed by atoms with Gasteiger partial charge in [-0.25, -0.2) is 12.7 Å². The van der Waals surface area contributed by atoms with Gasteiger partial charge in [-0.1, -0.05) is 6.92 Å². The van der Waals surface area contributed by atoms with E-state index in [1.165, 1.54) is 23.4 Å². The van der Waals surface area contributed by atoms with Crippen LogP contribution >= 0.6 is 12.4 Å². The molecule has 2 aliphatic rings. The number of nitrogens with one attached hydrogen (secondary N) is 2. The fourth-order valence-corrected chi connectivity index (χ4v) is 4.32. The highest BCUT2D eigenvalue weighted by molar-refractivity contribution is 7.88. The summed E-state index contributed by atoms with van der Waals surface area (Å²) in [5.74, 6) is 1.09. The van der Waals surface area contributed by atoms with Crippen LogP contribution in [0.15, 0.2) is 0 Å². The van der Waals surface area contributed by atoms with Gasteiger partial charge < -0.3 is 10.6 Å². The van der Waals surface area contributed by atoms with Gasteiger partial charge in [0.15, 0.2) is 0 Å². The number of hydrogen-bond donors (Lipinski definition) is 2. The van der Waals surface area contributed by atoms with Gasteiger partial charge in [-0.3, -0.25) is 4.79 Å². The molecule has 0 aromatic heterocycles. The van der Waals surface area contributed by atoms with E-state index in [0.29, 0.717) is 44.2 Å². The largest absolute Gasteiger partial charge is 0.353 e. The van der Waals surface area contributed by atoms with E-state index >= 15 is 0 Å². The number of hydrogen-bond acceptors (Lipinski definition) is 4. The zero-order valence-corrected chi connectivity index (χ0v) is 15.7. The smallest absolute Gasteiger partial charge is 0.220 e. The number of nitrogens with zero attached hydrogens (tertiary/aromatic N) is 1. The molecule has 2 unspecified atom stereocenters. The first-order valence-corrected chi connectivity index (χ1v) is 10.2. The fourth-order valence-electron chi connectivity index (χ4n) is 3.44. The van der Waals surface area contributed by atoms with Gasteiger partial charge in [0.1, 0.15) is 0 Å². The molecule has 0 radical (unpaired) electrons. The van der Waals surface area contributed by atoms with Crippen LogP contribution in [0.1, 0.15) is 39.0 Å². The van der Waals surface area contributed by atoms with E-state index in [0.717, 1.165) is 13.1 Å². The van der Waals surface area contributed by atoms with Gasteiger partial charge in [-0.15, -0.1) is 12.4 Å². The summed E-state index contributed by atoms with van der Waals surface area (Å²) in [6.45, 7) is 5.27. The van der Waals surface area contributed by atoms with Crippen LogP contribution in [0.2, 0.25) is 0 Å². The Labute approximate surface area is 146 Å². The minimum atomic E-state index is -3.10. The van der Waals surface area contributed by atoms with E-state index in [-0.39, 0.29) is 24.4 Å². The minimum Gasteiger partial charge on any atom is -0.353 e. The molecule has 2 saturated heterocycles. The van der Waals surface area contributed by atoms with Crippen LogP contribution in [-0.2, 0) is 14.8 Å². The number of amides is 1. The minimum absolute atomic E-state index is 0. The van der Waals surface area contributed by atoms with Crippen molar-refractivity contribution < 1.29 is 13.2 Å². The standard InChI is InChI=1S/C15H29N3O3S.ClH/c1-12(13-4-3-7-16-11-13)10-15(19)17-14-5-8-18(9-6-14)22(2,20)21;/h12-14,16H,3-11H2,1-2H3,(H,17,19);1H. The third-order valence-electron chi connectivity index (χ3n) is 4.94. The number of rotatable bonds is 5. The van der Waals surface area contributed by atoms with Crippen molar-refractivity contribution in [3.63, 3.8) is 0 Å². The molecule has 0 spiro atoms. The molecular formula is C15H30ClN3O3S. The Balaban J connectivity index is 0.00000264. The third-order valence-corrected chi connectivity index (χ3v) is 6.24. The van der Waals surface area contributed by atoms with Crippen molar-refractivity contribution in [3.05, 3.63) is 0 Å². The second kappa shape index (κ2) is 9.20. The molecule has 136 valence electrons. The molecule has 2 heterocycles. The predicted molar refractivity (Wildman–Crippen MR) is 94.2 cm³/mol. The summed E-state index contributed by atoms with van der Waals surface area (Å²) >= 11 is 0. The molecule has 0 saturated carbocycles. The molecule has 1 amide bonds. The molecule has 0 aromatic carbocycles. The highest BCUT2D eigenvalue weighted by Gasteiger charge is 2.27. The molecule has 0 aromatic rings. The third kappa shape index (κ3) is 6.57. The lowest BCUT2D eigenvalue weighted by Gasteiger charge is -2.32.